The van der Waals surface area contributed by atoms with Crippen LogP contribution in [0.5, 0.6) is 0 Å². The molecular weight excluding hydrogens is 279 g/mol. The maximum atomic E-state index is 13.2. The molecule has 2 aromatic carbocycles. The van der Waals surface area contributed by atoms with Crippen molar-refractivity contribution in [3.05, 3.63) is 71.2 Å². The normalized spacial score (nSPS) is 10.8. The predicted octanol–water partition coefficient (Wildman–Crippen LogP) is 3.59. The molecule has 0 bridgehead atoms. The van der Waals surface area contributed by atoms with Gasteiger partial charge in [0, 0.05) is 29.2 Å². The van der Waals surface area contributed by atoms with E-state index in [0.717, 1.165) is 22.0 Å². The van der Waals surface area contributed by atoms with Gasteiger partial charge in [-0.25, -0.2) is 4.39 Å². The molecule has 0 spiro atoms. The maximum Gasteiger partial charge on any atom is 0.251 e. The number of aromatic amines is 1. The number of nitrogens with one attached hydrogen (secondary N) is 2. The molecular formula is C18H17FN2O. The number of hydrogen-bond acceptors (Lipinski definition) is 1. The van der Waals surface area contributed by atoms with Gasteiger partial charge in [0.1, 0.15) is 5.82 Å². The molecule has 3 aromatic rings. The second kappa shape index (κ2) is 6.02. The first-order chi connectivity index (χ1) is 10.6. The summed E-state index contributed by atoms with van der Waals surface area (Å²) in [6.45, 7) is 2.46. The number of carbonyl (C=O) groups is 1. The molecule has 0 radical (unpaired) electrons. The Hall–Kier alpha value is -2.62. The van der Waals surface area contributed by atoms with Crippen LogP contribution in [-0.2, 0) is 6.42 Å². The van der Waals surface area contributed by atoms with Crippen LogP contribution in [0.3, 0.4) is 0 Å². The van der Waals surface area contributed by atoms with E-state index < -0.39 is 0 Å². The van der Waals surface area contributed by atoms with E-state index in [-0.39, 0.29) is 11.7 Å². The van der Waals surface area contributed by atoms with Crippen LogP contribution >= 0.6 is 0 Å². The highest BCUT2D eigenvalue weighted by Gasteiger charge is 2.08. The molecule has 0 saturated carbocycles. The third-order valence-electron chi connectivity index (χ3n) is 3.80. The topological polar surface area (TPSA) is 44.9 Å². The zero-order chi connectivity index (χ0) is 15.5. The average molecular weight is 296 g/mol. The van der Waals surface area contributed by atoms with Crippen LogP contribution in [0.4, 0.5) is 4.39 Å². The van der Waals surface area contributed by atoms with Crippen LogP contribution in [-0.4, -0.2) is 17.4 Å². The number of carbonyl (C=O) groups excluding carboxylic acids is 1. The molecule has 3 rings (SSSR count). The number of H-pyrrole nitrogens is 1. The van der Waals surface area contributed by atoms with Crippen LogP contribution in [0.25, 0.3) is 10.9 Å². The van der Waals surface area contributed by atoms with Gasteiger partial charge in [0.2, 0.25) is 0 Å². The molecule has 1 amide bonds. The molecule has 1 heterocycles. The van der Waals surface area contributed by atoms with Gasteiger partial charge in [-0.2, -0.15) is 0 Å². The van der Waals surface area contributed by atoms with Gasteiger partial charge in [0.05, 0.1) is 0 Å². The molecule has 1 aromatic heterocycles. The van der Waals surface area contributed by atoms with Gasteiger partial charge < -0.3 is 10.3 Å². The van der Waals surface area contributed by atoms with Crippen molar-refractivity contribution < 1.29 is 9.18 Å². The number of hydrogen-bond donors (Lipinski definition) is 2. The largest absolute Gasteiger partial charge is 0.361 e. The lowest BCUT2D eigenvalue weighted by molar-refractivity contribution is 0.0953. The number of aryl methyl sites for hydroxylation is 1. The highest BCUT2D eigenvalue weighted by Crippen LogP contribution is 2.19. The summed E-state index contributed by atoms with van der Waals surface area (Å²) in [4.78, 5) is 15.2. The van der Waals surface area contributed by atoms with Crippen LogP contribution in [0.15, 0.2) is 48.7 Å². The lowest BCUT2D eigenvalue weighted by atomic mass is 10.1. The minimum absolute atomic E-state index is 0.0658. The van der Waals surface area contributed by atoms with E-state index >= 15 is 0 Å². The number of fused-ring (bicyclic) bond motifs is 1. The Bertz CT molecular complexity index is 823. The Kier molecular flexibility index (Phi) is 3.92. The standard InChI is InChI=1S/C18H17FN2O/c1-12-4-2-3-5-15(12)18(22)20-9-8-13-11-21-17-10-14(19)6-7-16(13)17/h2-7,10-11,21H,8-9H2,1H3,(H,20,22). The Labute approximate surface area is 128 Å². The van der Waals surface area contributed by atoms with Crippen molar-refractivity contribution in [2.75, 3.05) is 6.54 Å². The number of halogens is 1. The Balaban J connectivity index is 1.65. The van der Waals surface area contributed by atoms with Crippen molar-refractivity contribution in [1.82, 2.24) is 10.3 Å². The van der Waals surface area contributed by atoms with Gasteiger partial charge in [-0.15, -0.1) is 0 Å². The third kappa shape index (κ3) is 2.86. The Morgan fingerprint density at radius 1 is 1.23 bits per heavy atom. The molecule has 0 unspecified atom stereocenters. The first-order valence-electron chi connectivity index (χ1n) is 7.24. The highest BCUT2D eigenvalue weighted by atomic mass is 19.1. The number of aromatic nitrogens is 1. The summed E-state index contributed by atoms with van der Waals surface area (Å²) in [6, 6.07) is 12.2. The first-order valence-corrected chi connectivity index (χ1v) is 7.24. The van der Waals surface area contributed by atoms with Gasteiger partial charge in [0.15, 0.2) is 0 Å². The maximum absolute atomic E-state index is 13.2. The molecule has 4 heteroatoms. The number of benzene rings is 2. The summed E-state index contributed by atoms with van der Waals surface area (Å²) in [5.41, 5.74) is 3.51. The van der Waals surface area contributed by atoms with E-state index in [4.69, 9.17) is 0 Å². The molecule has 0 aliphatic heterocycles. The second-order valence-corrected chi connectivity index (χ2v) is 5.32. The van der Waals surface area contributed by atoms with Gasteiger partial charge >= 0.3 is 0 Å². The van der Waals surface area contributed by atoms with Gasteiger partial charge in [-0.1, -0.05) is 18.2 Å². The van der Waals surface area contributed by atoms with E-state index in [2.05, 4.69) is 10.3 Å². The van der Waals surface area contributed by atoms with Crippen molar-refractivity contribution in [2.24, 2.45) is 0 Å². The summed E-state index contributed by atoms with van der Waals surface area (Å²) < 4.78 is 13.2. The minimum Gasteiger partial charge on any atom is -0.361 e. The van der Waals surface area contributed by atoms with Gasteiger partial charge in [-0.3, -0.25) is 4.79 Å². The zero-order valence-corrected chi connectivity index (χ0v) is 12.3. The molecule has 0 fully saturated rings. The zero-order valence-electron chi connectivity index (χ0n) is 12.3. The van der Waals surface area contributed by atoms with Crippen LogP contribution in [0, 0.1) is 12.7 Å². The molecule has 0 atom stereocenters. The van der Waals surface area contributed by atoms with Crippen molar-refractivity contribution in [2.45, 2.75) is 13.3 Å². The SMILES string of the molecule is Cc1ccccc1C(=O)NCCc1c[nH]c2cc(F)ccc12. The summed E-state index contributed by atoms with van der Waals surface area (Å²) >= 11 is 0. The van der Waals surface area contributed by atoms with Crippen molar-refractivity contribution >= 4 is 16.8 Å². The monoisotopic (exact) mass is 296 g/mol. The van der Waals surface area contributed by atoms with Crippen molar-refractivity contribution in [1.29, 1.82) is 0 Å². The van der Waals surface area contributed by atoms with E-state index in [1.54, 1.807) is 6.07 Å². The van der Waals surface area contributed by atoms with Crippen molar-refractivity contribution in [3.63, 3.8) is 0 Å². The number of rotatable bonds is 4. The number of amides is 1. The second-order valence-electron chi connectivity index (χ2n) is 5.32. The molecule has 0 saturated heterocycles. The van der Waals surface area contributed by atoms with Crippen LogP contribution in [0.1, 0.15) is 21.5 Å². The first kappa shape index (κ1) is 14.3. The molecule has 0 aliphatic carbocycles. The smallest absolute Gasteiger partial charge is 0.251 e. The minimum atomic E-state index is -0.256. The fourth-order valence-electron chi connectivity index (χ4n) is 2.60. The molecule has 112 valence electrons. The van der Waals surface area contributed by atoms with Crippen molar-refractivity contribution in [3.8, 4) is 0 Å². The third-order valence-corrected chi connectivity index (χ3v) is 3.80. The van der Waals surface area contributed by atoms with E-state index in [9.17, 15) is 9.18 Å². The van der Waals surface area contributed by atoms with Crippen LogP contribution < -0.4 is 5.32 Å². The van der Waals surface area contributed by atoms with E-state index in [1.165, 1.54) is 12.1 Å². The lowest BCUT2D eigenvalue weighted by Crippen LogP contribution is -2.26. The molecule has 0 aliphatic rings. The summed E-state index contributed by atoms with van der Waals surface area (Å²) in [5.74, 6) is -0.322. The molecule has 3 nitrogen and oxygen atoms in total. The van der Waals surface area contributed by atoms with E-state index in [0.29, 0.717) is 18.5 Å². The van der Waals surface area contributed by atoms with Gasteiger partial charge in [0.25, 0.3) is 5.91 Å². The van der Waals surface area contributed by atoms with Gasteiger partial charge in [-0.05, 0) is 48.7 Å². The lowest BCUT2D eigenvalue weighted by Gasteiger charge is -2.07. The fraction of sp³-hybridized carbons (Fsp3) is 0.167. The Morgan fingerprint density at radius 3 is 2.86 bits per heavy atom. The summed E-state index contributed by atoms with van der Waals surface area (Å²) in [7, 11) is 0. The summed E-state index contributed by atoms with van der Waals surface area (Å²) in [5, 5.41) is 3.92. The van der Waals surface area contributed by atoms with Crippen LogP contribution in [0.2, 0.25) is 0 Å². The Morgan fingerprint density at radius 2 is 2.05 bits per heavy atom. The average Bonchev–Trinajstić information content (AvgIpc) is 2.90. The predicted molar refractivity (Wildman–Crippen MR) is 85.5 cm³/mol. The fourth-order valence-corrected chi connectivity index (χ4v) is 2.60. The highest BCUT2D eigenvalue weighted by molar-refractivity contribution is 5.95. The molecule has 22 heavy (non-hydrogen) atoms. The van der Waals surface area contributed by atoms with E-state index in [1.807, 2.05) is 37.4 Å². The molecule has 2 N–H and O–H groups in total. The summed E-state index contributed by atoms with van der Waals surface area (Å²) in [6.07, 6.45) is 2.56. The quantitative estimate of drug-likeness (QED) is 0.759.